The Balaban J connectivity index is 1.94. The number of carboxylic acid groups (broad SMARTS) is 1. The summed E-state index contributed by atoms with van der Waals surface area (Å²) in [5, 5.41) is 14.4. The molecule has 0 fully saturated rings. The van der Waals surface area contributed by atoms with E-state index in [1.54, 1.807) is 37.3 Å². The van der Waals surface area contributed by atoms with Crippen molar-refractivity contribution in [3.05, 3.63) is 71.0 Å². The van der Waals surface area contributed by atoms with Crippen molar-refractivity contribution in [2.75, 3.05) is 5.01 Å². The summed E-state index contributed by atoms with van der Waals surface area (Å²) in [4.78, 5) is 23.7. The highest BCUT2D eigenvalue weighted by Crippen LogP contribution is 2.25. The number of nitrogens with zero attached hydrogens (tertiary/aromatic N) is 2. The minimum atomic E-state index is -1.08. The Morgan fingerprint density at radius 3 is 2.58 bits per heavy atom. The van der Waals surface area contributed by atoms with Crippen molar-refractivity contribution in [2.45, 2.75) is 6.92 Å². The summed E-state index contributed by atoms with van der Waals surface area (Å²) in [5.74, 6) is -1.79. The zero-order chi connectivity index (χ0) is 17.3. The molecule has 1 amide bonds. The normalized spacial score (nSPS) is 15.8. The molecule has 0 radical (unpaired) electrons. The molecule has 1 aliphatic heterocycles. The van der Waals surface area contributed by atoms with E-state index in [0.717, 1.165) is 5.01 Å². The molecule has 0 atom stereocenters. The van der Waals surface area contributed by atoms with Crippen LogP contribution in [0.2, 0.25) is 0 Å². The van der Waals surface area contributed by atoms with Gasteiger partial charge in [-0.25, -0.2) is 9.18 Å². The molecule has 2 aromatic rings. The molecule has 0 spiro atoms. The molecule has 0 unspecified atom stereocenters. The number of anilines is 1. The second-order valence-corrected chi connectivity index (χ2v) is 5.27. The molecule has 0 saturated carbocycles. The van der Waals surface area contributed by atoms with Gasteiger partial charge >= 0.3 is 5.97 Å². The average molecular weight is 324 g/mol. The lowest BCUT2D eigenvalue weighted by Gasteiger charge is -2.12. The topological polar surface area (TPSA) is 70.0 Å². The van der Waals surface area contributed by atoms with Gasteiger partial charge in [-0.15, -0.1) is 0 Å². The molecule has 0 aliphatic carbocycles. The van der Waals surface area contributed by atoms with Gasteiger partial charge in [0.1, 0.15) is 5.82 Å². The third-order valence-corrected chi connectivity index (χ3v) is 3.58. The molecule has 5 nitrogen and oxygen atoms in total. The Hall–Kier alpha value is -3.28. The quantitative estimate of drug-likeness (QED) is 0.880. The highest BCUT2D eigenvalue weighted by atomic mass is 19.1. The molecule has 1 heterocycles. The number of carbonyl (C=O) groups excluding carboxylic acids is 1. The second kappa shape index (κ2) is 6.08. The van der Waals surface area contributed by atoms with Crippen molar-refractivity contribution in [3.63, 3.8) is 0 Å². The van der Waals surface area contributed by atoms with Crippen LogP contribution in [0.3, 0.4) is 0 Å². The predicted octanol–water partition coefficient (Wildman–Crippen LogP) is 3.33. The molecule has 0 bridgehead atoms. The molecule has 6 heteroatoms. The van der Waals surface area contributed by atoms with Crippen LogP contribution in [0.15, 0.2) is 59.2 Å². The number of rotatable bonds is 3. The van der Waals surface area contributed by atoms with E-state index < -0.39 is 5.97 Å². The Labute approximate surface area is 137 Å². The van der Waals surface area contributed by atoms with E-state index in [1.165, 1.54) is 24.3 Å². The lowest BCUT2D eigenvalue weighted by atomic mass is 10.1. The Bertz CT molecular complexity index is 885. The standard InChI is InChI=1S/C18H13FN2O3/c1-11-16(9-12-5-7-14(19)8-6-12)17(22)21(20-11)15-4-2-3-13(10-15)18(23)24/h2-10H,1H3,(H,23,24)/b16-9+. The summed E-state index contributed by atoms with van der Waals surface area (Å²) in [6, 6.07) is 11.8. The fourth-order valence-corrected chi connectivity index (χ4v) is 2.36. The van der Waals surface area contributed by atoms with Crippen LogP contribution in [0.5, 0.6) is 0 Å². The number of amides is 1. The number of carboxylic acids is 1. The maximum absolute atomic E-state index is 13.0. The van der Waals surface area contributed by atoms with Crippen molar-refractivity contribution in [1.82, 2.24) is 0 Å². The van der Waals surface area contributed by atoms with Gasteiger partial charge < -0.3 is 5.11 Å². The van der Waals surface area contributed by atoms with Crippen LogP contribution in [0, 0.1) is 5.82 Å². The number of hydrogen-bond donors (Lipinski definition) is 1. The summed E-state index contributed by atoms with van der Waals surface area (Å²) in [5.41, 5.74) is 2.01. The number of benzene rings is 2. The van der Waals surface area contributed by atoms with Crippen LogP contribution in [0.1, 0.15) is 22.8 Å². The molecule has 2 aromatic carbocycles. The van der Waals surface area contributed by atoms with E-state index in [0.29, 0.717) is 22.5 Å². The summed E-state index contributed by atoms with van der Waals surface area (Å²) >= 11 is 0. The predicted molar refractivity (Wildman–Crippen MR) is 88.4 cm³/mol. The molecule has 1 N–H and O–H groups in total. The maximum Gasteiger partial charge on any atom is 0.335 e. The van der Waals surface area contributed by atoms with E-state index in [4.69, 9.17) is 5.11 Å². The first-order valence-electron chi connectivity index (χ1n) is 7.16. The van der Waals surface area contributed by atoms with Gasteiger partial charge in [-0.3, -0.25) is 4.79 Å². The number of carbonyl (C=O) groups is 2. The molecule has 120 valence electrons. The first kappa shape index (κ1) is 15.6. The van der Waals surface area contributed by atoms with E-state index in [2.05, 4.69) is 5.10 Å². The number of hydrogen-bond acceptors (Lipinski definition) is 3. The van der Waals surface area contributed by atoms with Gasteiger partial charge in [-0.1, -0.05) is 18.2 Å². The van der Waals surface area contributed by atoms with Gasteiger partial charge in [0.2, 0.25) is 0 Å². The van der Waals surface area contributed by atoms with Crippen molar-refractivity contribution in [3.8, 4) is 0 Å². The molecule has 1 aliphatic rings. The first-order valence-corrected chi connectivity index (χ1v) is 7.16. The molecule has 3 rings (SSSR count). The van der Waals surface area contributed by atoms with Crippen molar-refractivity contribution < 1.29 is 19.1 Å². The van der Waals surface area contributed by atoms with E-state index in [-0.39, 0.29) is 17.3 Å². The molecule has 0 aromatic heterocycles. The molecular formula is C18H13FN2O3. The van der Waals surface area contributed by atoms with Gasteiger partial charge in [0.25, 0.3) is 5.91 Å². The Morgan fingerprint density at radius 1 is 1.21 bits per heavy atom. The van der Waals surface area contributed by atoms with E-state index >= 15 is 0 Å². The van der Waals surface area contributed by atoms with Crippen LogP contribution in [-0.2, 0) is 4.79 Å². The Morgan fingerprint density at radius 2 is 1.92 bits per heavy atom. The van der Waals surface area contributed by atoms with E-state index in [1.807, 2.05) is 0 Å². The van der Waals surface area contributed by atoms with Gasteiger partial charge in [0.05, 0.1) is 22.5 Å². The number of hydrazone groups is 1. The monoisotopic (exact) mass is 324 g/mol. The number of aromatic carboxylic acids is 1. The highest BCUT2D eigenvalue weighted by Gasteiger charge is 2.29. The van der Waals surface area contributed by atoms with Crippen LogP contribution in [0.25, 0.3) is 6.08 Å². The first-order chi connectivity index (χ1) is 11.5. The fourth-order valence-electron chi connectivity index (χ4n) is 2.36. The zero-order valence-electron chi connectivity index (χ0n) is 12.7. The van der Waals surface area contributed by atoms with E-state index in [9.17, 15) is 14.0 Å². The largest absolute Gasteiger partial charge is 0.478 e. The summed E-state index contributed by atoms with van der Waals surface area (Å²) < 4.78 is 13.0. The van der Waals surface area contributed by atoms with Crippen molar-refractivity contribution >= 4 is 29.4 Å². The summed E-state index contributed by atoms with van der Waals surface area (Å²) in [7, 11) is 0. The van der Waals surface area contributed by atoms with Gasteiger partial charge in [-0.05, 0) is 48.9 Å². The highest BCUT2D eigenvalue weighted by molar-refractivity contribution is 6.32. The van der Waals surface area contributed by atoms with Crippen LogP contribution in [0.4, 0.5) is 10.1 Å². The fraction of sp³-hybridized carbons (Fsp3) is 0.0556. The van der Waals surface area contributed by atoms with Gasteiger partial charge in [-0.2, -0.15) is 10.1 Å². The third kappa shape index (κ3) is 2.94. The molecule has 0 saturated heterocycles. The lowest BCUT2D eigenvalue weighted by Crippen LogP contribution is -2.21. The summed E-state index contributed by atoms with van der Waals surface area (Å²) in [6.45, 7) is 1.69. The zero-order valence-corrected chi connectivity index (χ0v) is 12.7. The summed E-state index contributed by atoms with van der Waals surface area (Å²) in [6.07, 6.45) is 1.63. The average Bonchev–Trinajstić information content (AvgIpc) is 2.85. The minimum Gasteiger partial charge on any atom is -0.478 e. The molecular weight excluding hydrogens is 311 g/mol. The van der Waals surface area contributed by atoms with Crippen LogP contribution < -0.4 is 5.01 Å². The third-order valence-electron chi connectivity index (χ3n) is 3.58. The Kier molecular flexibility index (Phi) is 3.95. The lowest BCUT2D eigenvalue weighted by molar-refractivity contribution is -0.114. The SMILES string of the molecule is CC1=NN(c2cccc(C(=O)O)c2)C(=O)/C1=C/c1ccc(F)cc1. The smallest absolute Gasteiger partial charge is 0.335 e. The van der Waals surface area contributed by atoms with Crippen molar-refractivity contribution in [2.24, 2.45) is 5.10 Å². The minimum absolute atomic E-state index is 0.0733. The van der Waals surface area contributed by atoms with Crippen LogP contribution in [-0.4, -0.2) is 22.7 Å². The second-order valence-electron chi connectivity index (χ2n) is 5.27. The molecule has 24 heavy (non-hydrogen) atoms. The maximum atomic E-state index is 13.0. The van der Waals surface area contributed by atoms with Crippen LogP contribution >= 0.6 is 0 Å². The van der Waals surface area contributed by atoms with Gasteiger partial charge in [0.15, 0.2) is 0 Å². The van der Waals surface area contributed by atoms with Gasteiger partial charge in [0, 0.05) is 0 Å². The number of halogens is 1. The van der Waals surface area contributed by atoms with Crippen molar-refractivity contribution in [1.29, 1.82) is 0 Å².